The number of nitrogens with zero attached hydrogens (tertiary/aromatic N) is 1. The van der Waals surface area contributed by atoms with Gasteiger partial charge in [0.2, 0.25) is 65.0 Å². The predicted molar refractivity (Wildman–Crippen MR) is 389 cm³/mol. The van der Waals surface area contributed by atoms with Gasteiger partial charge in [0.25, 0.3) is 0 Å². The van der Waals surface area contributed by atoms with Gasteiger partial charge in [0, 0.05) is 61.8 Å². The number of fused-ring (bicyclic) bond motifs is 4. The van der Waals surface area contributed by atoms with Crippen LogP contribution in [0.2, 0.25) is 0 Å². The summed E-state index contributed by atoms with van der Waals surface area (Å²) < 4.78 is 0. The number of carbonyl (C=O) groups excluding carboxylic acids is 11. The molecule has 1 fully saturated rings. The summed E-state index contributed by atoms with van der Waals surface area (Å²) in [7, 11) is 0. The number of hydrogen-bond donors (Lipinski definition) is 11. The first-order valence-electron chi connectivity index (χ1n) is 34.5. The molecule has 23 nitrogen and oxygen atoms in total. The highest BCUT2D eigenvalue weighted by Crippen LogP contribution is 2.25. The Kier molecular flexibility index (Phi) is 29.9. The van der Waals surface area contributed by atoms with E-state index in [1.807, 2.05) is 66.7 Å². The number of aliphatic hydroxyl groups is 1. The number of thioether (sulfide) groups is 2. The molecule has 0 aromatic heterocycles. The topological polar surface area (TPSA) is 332 Å². The van der Waals surface area contributed by atoms with Crippen molar-refractivity contribution in [1.29, 1.82) is 0 Å². The summed E-state index contributed by atoms with van der Waals surface area (Å²) in [5.74, 6) is -6.08. The Morgan fingerprint density at radius 3 is 1.73 bits per heavy atom. The summed E-state index contributed by atoms with van der Waals surface area (Å²) in [4.78, 5) is 160. The van der Waals surface area contributed by atoms with Crippen molar-refractivity contribution in [3.05, 3.63) is 155 Å². The molecule has 2 bridgehead atoms. The first kappa shape index (κ1) is 78.5. The molecule has 11 atom stereocenters. The summed E-state index contributed by atoms with van der Waals surface area (Å²) in [5.41, 5.74) is 2.52. The number of aliphatic hydroxyl groups excluding tert-OH is 1. The largest absolute Gasteiger partial charge is 0.391 e. The Labute approximate surface area is 595 Å². The van der Waals surface area contributed by atoms with Crippen molar-refractivity contribution in [1.82, 2.24) is 58.1 Å². The van der Waals surface area contributed by atoms with Crippen LogP contribution in [0.1, 0.15) is 122 Å². The number of amides is 11. The van der Waals surface area contributed by atoms with Crippen LogP contribution in [0.15, 0.2) is 127 Å². The van der Waals surface area contributed by atoms with Crippen LogP contribution in [-0.4, -0.2) is 166 Å². The molecule has 2 aliphatic heterocycles. The highest BCUT2D eigenvalue weighted by molar-refractivity contribution is 7.98. The molecule has 0 unspecified atom stereocenters. The molecule has 538 valence electrons. The second kappa shape index (κ2) is 38.1. The SMILES string of the molecule is CCC[C@@H]1NC(=O)[C@H](Cc2cccc3ccccc23)NC(=O)[C@H]([C@@H](C)O)NC(=O)[C@@H]2CCCN2C(=O)[C@H](Cc2ccccc2)NC(=O)[C@H](C(C)C)NC(=O)CCSCc2cccc(c2)CSCCNC(=O)[C@H](C)NC(=O)[C@](C)(C(C)C)NC(=O)[C@H](Cc2ccccc2)NC(=O)[C@H](C)NC1=O. The first-order valence-corrected chi connectivity index (χ1v) is 36.9. The number of hydrogen-bond acceptors (Lipinski definition) is 14. The zero-order chi connectivity index (χ0) is 72.6. The average molecular weight is 1410 g/mol. The maximum Gasteiger partial charge on any atom is 0.246 e. The normalized spacial score (nSPS) is 25.3. The van der Waals surface area contributed by atoms with Gasteiger partial charge in [0.15, 0.2) is 0 Å². The monoisotopic (exact) mass is 1410 g/mol. The Morgan fingerprint density at radius 2 is 1.09 bits per heavy atom. The van der Waals surface area contributed by atoms with Crippen molar-refractivity contribution in [2.45, 2.75) is 191 Å². The molecule has 0 radical (unpaired) electrons. The molecule has 2 aliphatic rings. The van der Waals surface area contributed by atoms with Crippen LogP contribution in [0.5, 0.6) is 0 Å². The van der Waals surface area contributed by atoms with E-state index in [-0.39, 0.29) is 51.0 Å². The molecule has 1 saturated heterocycles. The van der Waals surface area contributed by atoms with Gasteiger partial charge in [-0.2, -0.15) is 23.5 Å². The van der Waals surface area contributed by atoms with Crippen molar-refractivity contribution in [2.75, 3.05) is 24.6 Å². The molecule has 11 amide bonds. The quantitative estimate of drug-likeness (QED) is 0.0844. The van der Waals surface area contributed by atoms with Crippen molar-refractivity contribution in [3.8, 4) is 0 Å². The molecule has 0 saturated carbocycles. The maximum atomic E-state index is 14.9. The zero-order valence-electron chi connectivity index (χ0n) is 58.7. The van der Waals surface area contributed by atoms with Gasteiger partial charge in [0.1, 0.15) is 59.9 Å². The van der Waals surface area contributed by atoms with E-state index < -0.39 is 137 Å². The van der Waals surface area contributed by atoms with Crippen LogP contribution in [0.4, 0.5) is 0 Å². The molecule has 11 N–H and O–H groups in total. The van der Waals surface area contributed by atoms with Gasteiger partial charge < -0.3 is 63.2 Å². The van der Waals surface area contributed by atoms with Crippen LogP contribution in [0.25, 0.3) is 10.8 Å². The molecule has 25 heteroatoms. The minimum atomic E-state index is -1.68. The molecule has 2 heterocycles. The average Bonchev–Trinajstić information content (AvgIpc) is 1.22. The second-order valence-corrected chi connectivity index (χ2v) is 28.9. The number of rotatable bonds is 11. The number of nitrogens with one attached hydrogen (secondary N) is 10. The van der Waals surface area contributed by atoms with Crippen LogP contribution in [0.3, 0.4) is 0 Å². The fourth-order valence-corrected chi connectivity index (χ4v) is 13.6. The van der Waals surface area contributed by atoms with Crippen LogP contribution < -0.4 is 53.2 Å². The molecule has 0 aliphatic carbocycles. The zero-order valence-corrected chi connectivity index (χ0v) is 60.3. The fourth-order valence-electron chi connectivity index (χ4n) is 11.9. The van der Waals surface area contributed by atoms with Crippen molar-refractivity contribution >= 4 is 99.3 Å². The molecule has 0 spiro atoms. The molecule has 100 heavy (non-hydrogen) atoms. The van der Waals surface area contributed by atoms with E-state index in [0.29, 0.717) is 59.1 Å². The predicted octanol–water partition coefficient (Wildman–Crippen LogP) is 4.83. The second-order valence-electron chi connectivity index (χ2n) is 26.7. The van der Waals surface area contributed by atoms with E-state index >= 15 is 0 Å². The third kappa shape index (κ3) is 22.6. The summed E-state index contributed by atoms with van der Waals surface area (Å²) >= 11 is 3.17. The minimum absolute atomic E-state index is 0.0242. The standard InChI is InChI=1S/C75H99N11O12S2/c1-10-22-57-67(91)77-48(7)66(90)80-58(40-50-23-13-11-14-24-50)69(93)85-75(9,46(4)5)74(98)78-47(6)65(89)76-35-38-100-44-53-28-19-27-52(39-53)43-99-37-34-62(88)83-63(45(2)3)71(95)82-60(41-51-25-15-12-16-26-51)73(97)86-36-21-33-61(86)70(94)84-64(49(8)87)72(96)81-59(68(92)79-57)42-55-31-20-30-54-29-17-18-32-56(54)55/h11-20,23-32,39,45-49,57-61,63-64,87H,10,21-22,33-38,40-44H2,1-9H3,(H,76,89)(H,77,91)(H,78,98)(H,79,92)(H,80,90)(H,81,96)(H,82,95)(H,83,88)(H,84,94)(H,85,93)/t47-,48-,49+,57-,58-,59-,60-,61-,63-,64-,75-/m0/s1. The Hall–Kier alpha value is -8.81. The van der Waals surface area contributed by atoms with E-state index in [9.17, 15) is 57.8 Å². The van der Waals surface area contributed by atoms with Gasteiger partial charge in [-0.1, -0.05) is 168 Å². The highest BCUT2D eigenvalue weighted by Gasteiger charge is 2.43. The van der Waals surface area contributed by atoms with Crippen molar-refractivity contribution < 1.29 is 57.8 Å². The molecule has 5 aromatic carbocycles. The Balaban J connectivity index is 1.17. The van der Waals surface area contributed by atoms with Crippen LogP contribution >= 0.6 is 23.5 Å². The highest BCUT2D eigenvalue weighted by atomic mass is 32.2. The lowest BCUT2D eigenvalue weighted by atomic mass is 9.86. The van der Waals surface area contributed by atoms with E-state index in [1.165, 1.54) is 25.7 Å². The van der Waals surface area contributed by atoms with Gasteiger partial charge in [-0.15, -0.1) is 0 Å². The lowest BCUT2D eigenvalue weighted by Gasteiger charge is -2.35. The van der Waals surface area contributed by atoms with Crippen molar-refractivity contribution in [2.24, 2.45) is 11.8 Å². The summed E-state index contributed by atoms with van der Waals surface area (Å²) in [5, 5.41) is 40.9. The molecular formula is C75H99N11O12S2. The molecule has 7 rings (SSSR count). The van der Waals surface area contributed by atoms with Gasteiger partial charge in [-0.3, -0.25) is 52.7 Å². The van der Waals surface area contributed by atoms with Crippen LogP contribution in [-0.2, 0) is 83.5 Å². The van der Waals surface area contributed by atoms with Gasteiger partial charge in [-0.25, -0.2) is 0 Å². The van der Waals surface area contributed by atoms with E-state index in [1.54, 1.807) is 120 Å². The lowest BCUT2D eigenvalue weighted by Crippen LogP contribution is -2.65. The third-order valence-electron chi connectivity index (χ3n) is 18.2. The summed E-state index contributed by atoms with van der Waals surface area (Å²) in [6.07, 6.45) is -0.596. The van der Waals surface area contributed by atoms with Gasteiger partial charge >= 0.3 is 0 Å². The minimum Gasteiger partial charge on any atom is -0.391 e. The lowest BCUT2D eigenvalue weighted by molar-refractivity contribution is -0.143. The van der Waals surface area contributed by atoms with E-state index in [2.05, 4.69) is 59.2 Å². The van der Waals surface area contributed by atoms with Crippen molar-refractivity contribution in [3.63, 3.8) is 0 Å². The summed E-state index contributed by atoms with van der Waals surface area (Å²) in [6.45, 7) is 15.0. The van der Waals surface area contributed by atoms with E-state index in [0.717, 1.165) is 21.9 Å². The number of benzene rings is 5. The first-order chi connectivity index (χ1) is 47.8. The Morgan fingerprint density at radius 1 is 0.540 bits per heavy atom. The fraction of sp³-hybridized carbons (Fsp3) is 0.480. The Bertz CT molecular complexity index is 3650. The van der Waals surface area contributed by atoms with Gasteiger partial charge in [-0.05, 0) is 97.4 Å². The van der Waals surface area contributed by atoms with Crippen LogP contribution in [0, 0.1) is 11.8 Å². The molecule has 5 aromatic rings. The smallest absolute Gasteiger partial charge is 0.246 e. The number of carbonyl (C=O) groups is 11. The van der Waals surface area contributed by atoms with Gasteiger partial charge in [0.05, 0.1) is 6.10 Å². The summed E-state index contributed by atoms with van der Waals surface area (Å²) in [6, 6.07) is 27.4. The third-order valence-corrected chi connectivity index (χ3v) is 20.2. The van der Waals surface area contributed by atoms with E-state index in [4.69, 9.17) is 0 Å². The molecular weight excluding hydrogens is 1310 g/mol. The maximum absolute atomic E-state index is 14.9.